The van der Waals surface area contributed by atoms with E-state index in [1.807, 2.05) is 0 Å². The molecular weight excluding hydrogens is 268 g/mol. The Bertz CT molecular complexity index is 438. The average molecular weight is 285 g/mol. The molecule has 1 aromatic carbocycles. The third kappa shape index (κ3) is 6.22. The lowest BCUT2D eigenvalue weighted by atomic mass is 10.2. The molecule has 0 saturated heterocycles. The lowest BCUT2D eigenvalue weighted by Crippen LogP contribution is -2.17. The summed E-state index contributed by atoms with van der Waals surface area (Å²) < 4.78 is 4.72. The van der Waals surface area contributed by atoms with Gasteiger partial charge in [-0.15, -0.1) is 11.6 Å². The number of anilines is 2. The monoisotopic (exact) mass is 284 g/mol. The molecule has 5 nitrogen and oxygen atoms in total. The summed E-state index contributed by atoms with van der Waals surface area (Å²) in [5.41, 5.74) is 1.24. The summed E-state index contributed by atoms with van der Waals surface area (Å²) in [6.45, 7) is -0.00763. The first-order valence-corrected chi connectivity index (χ1v) is 6.44. The van der Waals surface area contributed by atoms with E-state index in [1.165, 1.54) is 7.11 Å². The zero-order valence-electron chi connectivity index (χ0n) is 10.7. The molecule has 0 radical (unpaired) electrons. The molecule has 104 valence electrons. The summed E-state index contributed by atoms with van der Waals surface area (Å²) in [5.74, 6) is 0.120. The number of carbonyl (C=O) groups excluding carboxylic acids is 2. The van der Waals surface area contributed by atoms with Crippen LogP contribution in [-0.4, -0.2) is 31.4 Å². The quantitative estimate of drug-likeness (QED) is 0.755. The number of alkyl halides is 1. The van der Waals surface area contributed by atoms with Crippen molar-refractivity contribution < 1.29 is 14.3 Å². The molecule has 1 aromatic rings. The molecule has 0 fully saturated rings. The van der Waals surface area contributed by atoms with E-state index in [1.54, 1.807) is 24.3 Å². The second-order valence-electron chi connectivity index (χ2n) is 3.90. The minimum Gasteiger partial charge on any atom is -0.375 e. The molecule has 0 heterocycles. The molecule has 0 atom stereocenters. The fraction of sp³-hybridized carbons (Fsp3) is 0.385. The average Bonchev–Trinajstić information content (AvgIpc) is 2.37. The van der Waals surface area contributed by atoms with Gasteiger partial charge in [-0.25, -0.2) is 0 Å². The maximum absolute atomic E-state index is 11.5. The SMILES string of the molecule is COCC(=O)Nc1cccc(NC(=O)CCCCl)c1. The van der Waals surface area contributed by atoms with Crippen LogP contribution in [0.1, 0.15) is 12.8 Å². The van der Waals surface area contributed by atoms with Crippen molar-refractivity contribution in [2.75, 3.05) is 30.2 Å². The number of carbonyl (C=O) groups is 2. The van der Waals surface area contributed by atoms with E-state index in [4.69, 9.17) is 16.3 Å². The van der Waals surface area contributed by atoms with Gasteiger partial charge in [0.05, 0.1) is 0 Å². The first kappa shape index (κ1) is 15.5. The second kappa shape index (κ2) is 8.50. The van der Waals surface area contributed by atoms with E-state index in [9.17, 15) is 9.59 Å². The third-order valence-corrected chi connectivity index (χ3v) is 2.51. The number of rotatable bonds is 7. The standard InChI is InChI=1S/C13H17ClN2O3/c1-19-9-13(18)16-11-5-2-4-10(8-11)15-12(17)6-3-7-14/h2,4-5,8H,3,6-7,9H2,1H3,(H,15,17)(H,16,18). The van der Waals surface area contributed by atoms with Crippen molar-refractivity contribution in [2.24, 2.45) is 0 Å². The van der Waals surface area contributed by atoms with Crippen molar-refractivity contribution in [1.82, 2.24) is 0 Å². The van der Waals surface area contributed by atoms with E-state index in [-0.39, 0.29) is 18.4 Å². The van der Waals surface area contributed by atoms with E-state index < -0.39 is 0 Å². The molecule has 0 aliphatic heterocycles. The summed E-state index contributed by atoms with van der Waals surface area (Å²) in [6.07, 6.45) is 1.02. The molecule has 0 spiro atoms. The summed E-state index contributed by atoms with van der Waals surface area (Å²) in [4.78, 5) is 22.9. The van der Waals surface area contributed by atoms with Crippen LogP contribution in [0.4, 0.5) is 11.4 Å². The van der Waals surface area contributed by atoms with Crippen LogP contribution in [0.2, 0.25) is 0 Å². The Morgan fingerprint density at radius 2 is 1.84 bits per heavy atom. The number of ether oxygens (including phenoxy) is 1. The lowest BCUT2D eigenvalue weighted by molar-refractivity contribution is -0.119. The number of halogens is 1. The second-order valence-corrected chi connectivity index (χ2v) is 4.28. The van der Waals surface area contributed by atoms with Gasteiger partial charge in [0.15, 0.2) is 0 Å². The maximum Gasteiger partial charge on any atom is 0.250 e. The number of methoxy groups -OCH3 is 1. The molecule has 0 aliphatic rings. The van der Waals surface area contributed by atoms with Gasteiger partial charge in [0, 0.05) is 30.8 Å². The Hall–Kier alpha value is -1.59. The zero-order chi connectivity index (χ0) is 14.1. The molecule has 2 N–H and O–H groups in total. The highest BCUT2D eigenvalue weighted by Crippen LogP contribution is 2.15. The van der Waals surface area contributed by atoms with Gasteiger partial charge >= 0.3 is 0 Å². The van der Waals surface area contributed by atoms with Gasteiger partial charge in [-0.1, -0.05) is 6.07 Å². The smallest absolute Gasteiger partial charge is 0.250 e. The van der Waals surface area contributed by atoms with Crippen molar-refractivity contribution in [2.45, 2.75) is 12.8 Å². The van der Waals surface area contributed by atoms with Gasteiger partial charge in [-0.3, -0.25) is 9.59 Å². The van der Waals surface area contributed by atoms with Crippen LogP contribution < -0.4 is 10.6 Å². The van der Waals surface area contributed by atoms with Crippen LogP contribution in [0.3, 0.4) is 0 Å². The van der Waals surface area contributed by atoms with Crippen LogP contribution in [0.5, 0.6) is 0 Å². The number of hydrogen-bond donors (Lipinski definition) is 2. The highest BCUT2D eigenvalue weighted by molar-refractivity contribution is 6.18. The molecule has 2 amide bonds. The van der Waals surface area contributed by atoms with Crippen molar-refractivity contribution in [3.8, 4) is 0 Å². The van der Waals surface area contributed by atoms with Crippen LogP contribution in [0.25, 0.3) is 0 Å². The van der Waals surface area contributed by atoms with E-state index in [2.05, 4.69) is 10.6 Å². The van der Waals surface area contributed by atoms with Crippen LogP contribution >= 0.6 is 11.6 Å². The Morgan fingerprint density at radius 3 is 2.42 bits per heavy atom. The first-order valence-electron chi connectivity index (χ1n) is 5.90. The summed E-state index contributed by atoms with van der Waals surface area (Å²) in [7, 11) is 1.45. The summed E-state index contributed by atoms with van der Waals surface area (Å²) in [5, 5.41) is 5.41. The zero-order valence-corrected chi connectivity index (χ0v) is 11.5. The van der Waals surface area contributed by atoms with Crippen LogP contribution in [0.15, 0.2) is 24.3 Å². The molecule has 0 bridgehead atoms. The Kier molecular flexibility index (Phi) is 6.92. The van der Waals surface area contributed by atoms with E-state index >= 15 is 0 Å². The molecule has 0 unspecified atom stereocenters. The molecule has 19 heavy (non-hydrogen) atoms. The van der Waals surface area contributed by atoms with Gasteiger partial charge in [0.25, 0.3) is 0 Å². The molecule has 1 rings (SSSR count). The topological polar surface area (TPSA) is 67.4 Å². The van der Waals surface area contributed by atoms with Gasteiger partial charge < -0.3 is 15.4 Å². The molecular formula is C13H17ClN2O3. The van der Waals surface area contributed by atoms with Crippen molar-refractivity contribution in [1.29, 1.82) is 0 Å². The van der Waals surface area contributed by atoms with Crippen LogP contribution in [0, 0.1) is 0 Å². The van der Waals surface area contributed by atoms with Crippen molar-refractivity contribution in [3.05, 3.63) is 24.3 Å². The fourth-order valence-electron chi connectivity index (χ4n) is 1.45. The number of amides is 2. The van der Waals surface area contributed by atoms with Gasteiger partial charge in [-0.05, 0) is 24.6 Å². The predicted molar refractivity (Wildman–Crippen MR) is 75.5 cm³/mol. The Balaban J connectivity index is 2.56. The minimum absolute atomic E-state index is 0.00763. The first-order chi connectivity index (χ1) is 9.15. The van der Waals surface area contributed by atoms with Crippen LogP contribution in [-0.2, 0) is 14.3 Å². The Morgan fingerprint density at radius 1 is 1.21 bits per heavy atom. The highest BCUT2D eigenvalue weighted by atomic mass is 35.5. The molecule has 6 heteroatoms. The largest absolute Gasteiger partial charge is 0.375 e. The summed E-state index contributed by atoms with van der Waals surface area (Å²) in [6, 6.07) is 6.93. The van der Waals surface area contributed by atoms with E-state index in [0.717, 1.165) is 0 Å². The summed E-state index contributed by atoms with van der Waals surface area (Å²) >= 11 is 5.52. The maximum atomic E-state index is 11.5. The number of hydrogen-bond acceptors (Lipinski definition) is 3. The molecule has 0 aromatic heterocycles. The normalized spacial score (nSPS) is 10.0. The minimum atomic E-state index is -0.242. The number of nitrogens with one attached hydrogen (secondary N) is 2. The highest BCUT2D eigenvalue weighted by Gasteiger charge is 2.04. The lowest BCUT2D eigenvalue weighted by Gasteiger charge is -2.08. The molecule has 0 aliphatic carbocycles. The van der Waals surface area contributed by atoms with E-state index in [0.29, 0.717) is 30.1 Å². The predicted octanol–water partition coefficient (Wildman–Crippen LogP) is 2.23. The Labute approximate surface area is 117 Å². The third-order valence-electron chi connectivity index (χ3n) is 2.24. The van der Waals surface area contributed by atoms with Crippen molar-refractivity contribution in [3.63, 3.8) is 0 Å². The molecule has 0 saturated carbocycles. The van der Waals surface area contributed by atoms with Crippen molar-refractivity contribution >= 4 is 34.8 Å². The fourth-order valence-corrected chi connectivity index (χ4v) is 1.59. The van der Waals surface area contributed by atoms with Gasteiger partial charge in [-0.2, -0.15) is 0 Å². The van der Waals surface area contributed by atoms with Gasteiger partial charge in [0.2, 0.25) is 11.8 Å². The van der Waals surface area contributed by atoms with Gasteiger partial charge in [0.1, 0.15) is 6.61 Å². The number of benzene rings is 1.